The van der Waals surface area contributed by atoms with E-state index in [1.165, 1.54) is 19.1 Å². The molecule has 1 atom stereocenters. The van der Waals surface area contributed by atoms with E-state index in [1.807, 2.05) is 30.3 Å². The van der Waals surface area contributed by atoms with Crippen molar-refractivity contribution >= 4 is 5.91 Å². The normalized spacial score (nSPS) is 16.2. The Bertz CT molecular complexity index is 650. The highest BCUT2D eigenvalue weighted by Gasteiger charge is 2.18. The fourth-order valence-corrected chi connectivity index (χ4v) is 2.94. The van der Waals surface area contributed by atoms with Crippen LogP contribution in [-0.2, 0) is 6.42 Å². The number of benzene rings is 1. The first-order valence-electron chi connectivity index (χ1n) is 8.48. The number of amides is 1. The Morgan fingerprint density at radius 2 is 2.04 bits per heavy atom. The molecule has 1 amide bonds. The highest BCUT2D eigenvalue weighted by molar-refractivity contribution is 5.91. The van der Waals surface area contributed by atoms with Crippen LogP contribution >= 0.6 is 0 Å². The lowest BCUT2D eigenvalue weighted by Crippen LogP contribution is -2.33. The molecule has 128 valence electrons. The minimum atomic E-state index is -0.362. The van der Waals surface area contributed by atoms with Gasteiger partial charge in [0, 0.05) is 13.1 Å². The second-order valence-corrected chi connectivity index (χ2v) is 6.17. The van der Waals surface area contributed by atoms with Crippen molar-refractivity contribution in [3.8, 4) is 0 Å². The van der Waals surface area contributed by atoms with Crippen LogP contribution < -0.4 is 11.1 Å². The Morgan fingerprint density at radius 1 is 1.29 bits per heavy atom. The molecule has 1 aromatic carbocycles. The van der Waals surface area contributed by atoms with Gasteiger partial charge in [0.2, 0.25) is 5.89 Å². The van der Waals surface area contributed by atoms with E-state index >= 15 is 0 Å². The van der Waals surface area contributed by atoms with E-state index in [9.17, 15) is 4.79 Å². The van der Waals surface area contributed by atoms with E-state index in [-0.39, 0.29) is 17.6 Å². The third-order valence-corrected chi connectivity index (χ3v) is 4.28. The Balaban J connectivity index is 1.49. The van der Waals surface area contributed by atoms with E-state index < -0.39 is 0 Å². The minimum absolute atomic E-state index is 0.212. The van der Waals surface area contributed by atoms with E-state index in [0.717, 1.165) is 25.2 Å². The summed E-state index contributed by atoms with van der Waals surface area (Å²) >= 11 is 0. The van der Waals surface area contributed by atoms with Gasteiger partial charge >= 0.3 is 0 Å². The van der Waals surface area contributed by atoms with Crippen LogP contribution in [0.2, 0.25) is 0 Å². The van der Waals surface area contributed by atoms with E-state index in [1.54, 1.807) is 0 Å². The fourth-order valence-electron chi connectivity index (χ4n) is 2.94. The smallest absolute Gasteiger partial charge is 0.273 e. The highest BCUT2D eigenvalue weighted by atomic mass is 16.3. The predicted molar refractivity (Wildman–Crippen MR) is 91.6 cm³/mol. The number of likely N-dealkylation sites (tertiary alicyclic amines) is 1. The largest absolute Gasteiger partial charge is 0.446 e. The van der Waals surface area contributed by atoms with Gasteiger partial charge in [-0.05, 0) is 37.9 Å². The Hall–Kier alpha value is -2.18. The Morgan fingerprint density at radius 3 is 2.79 bits per heavy atom. The molecule has 2 heterocycles. The molecule has 1 aromatic heterocycles. The molecule has 24 heavy (non-hydrogen) atoms. The zero-order valence-electron chi connectivity index (χ0n) is 13.8. The lowest BCUT2D eigenvalue weighted by Gasteiger charge is -2.14. The summed E-state index contributed by atoms with van der Waals surface area (Å²) in [4.78, 5) is 18.7. The van der Waals surface area contributed by atoms with Gasteiger partial charge in [-0.25, -0.2) is 4.98 Å². The fraction of sp³-hybridized carbons (Fsp3) is 0.444. The lowest BCUT2D eigenvalue weighted by molar-refractivity contribution is 0.0944. The van der Waals surface area contributed by atoms with Crippen LogP contribution in [0, 0.1) is 0 Å². The van der Waals surface area contributed by atoms with Gasteiger partial charge in [0.15, 0.2) is 5.69 Å². The van der Waals surface area contributed by atoms with E-state index in [0.29, 0.717) is 18.9 Å². The average Bonchev–Trinajstić information content (AvgIpc) is 3.27. The van der Waals surface area contributed by atoms with E-state index in [2.05, 4.69) is 15.2 Å². The summed E-state index contributed by atoms with van der Waals surface area (Å²) in [5.74, 6) is 0.180. The summed E-state index contributed by atoms with van der Waals surface area (Å²) in [5.41, 5.74) is 7.53. The molecule has 0 saturated carbocycles. The summed E-state index contributed by atoms with van der Waals surface area (Å²) in [6.07, 6.45) is 4.50. The lowest BCUT2D eigenvalue weighted by atomic mass is 10.1. The number of hydrogen-bond acceptors (Lipinski definition) is 5. The van der Waals surface area contributed by atoms with E-state index in [4.69, 9.17) is 10.2 Å². The second kappa shape index (κ2) is 8.08. The highest BCUT2D eigenvalue weighted by Crippen LogP contribution is 2.15. The number of rotatable bonds is 7. The number of nitrogens with two attached hydrogens (primary N) is 1. The van der Waals surface area contributed by atoms with Crippen LogP contribution in [0.1, 0.15) is 40.8 Å². The third-order valence-electron chi connectivity index (χ3n) is 4.28. The molecule has 0 bridgehead atoms. The number of carbonyl (C=O) groups excluding carboxylic acids is 1. The molecule has 0 spiro atoms. The first-order chi connectivity index (χ1) is 11.7. The van der Waals surface area contributed by atoms with Crippen molar-refractivity contribution in [3.05, 3.63) is 53.7 Å². The average molecular weight is 328 g/mol. The van der Waals surface area contributed by atoms with Crippen molar-refractivity contribution in [2.75, 3.05) is 26.2 Å². The van der Waals surface area contributed by atoms with Crippen LogP contribution in [0.15, 0.2) is 41.0 Å². The van der Waals surface area contributed by atoms with Crippen LogP contribution in [-0.4, -0.2) is 42.0 Å². The molecular weight excluding hydrogens is 304 g/mol. The first-order valence-corrected chi connectivity index (χ1v) is 8.48. The summed E-state index contributed by atoms with van der Waals surface area (Å²) in [6.45, 7) is 3.75. The quantitative estimate of drug-likeness (QED) is 0.809. The molecule has 0 aliphatic carbocycles. The predicted octanol–water partition coefficient (Wildman–Crippen LogP) is 1.74. The van der Waals surface area contributed by atoms with Gasteiger partial charge in [0.25, 0.3) is 5.91 Å². The van der Waals surface area contributed by atoms with Crippen LogP contribution in [0.3, 0.4) is 0 Å². The molecular formula is C18H24N4O2. The number of oxazole rings is 1. The molecule has 1 aliphatic heterocycles. The number of aromatic nitrogens is 1. The molecule has 1 aliphatic rings. The molecule has 6 heteroatoms. The summed E-state index contributed by atoms with van der Waals surface area (Å²) in [6, 6.07) is 9.56. The monoisotopic (exact) mass is 328 g/mol. The van der Waals surface area contributed by atoms with Crippen LogP contribution in [0.4, 0.5) is 0 Å². The molecule has 1 saturated heterocycles. The molecule has 3 N–H and O–H groups in total. The number of carbonyl (C=O) groups is 1. The summed E-state index contributed by atoms with van der Waals surface area (Å²) < 4.78 is 5.39. The van der Waals surface area contributed by atoms with Gasteiger partial charge in [-0.3, -0.25) is 4.79 Å². The molecule has 1 unspecified atom stereocenters. The van der Waals surface area contributed by atoms with Gasteiger partial charge in [0.05, 0.1) is 6.04 Å². The standard InChI is InChI=1S/C18H24N4O2/c19-15(12-14-6-2-1-3-7-14)18-21-16(13-24-18)17(23)20-8-11-22-9-4-5-10-22/h1-3,6-7,13,15H,4-5,8-12,19H2,(H,20,23). The SMILES string of the molecule is NC(Cc1ccccc1)c1nc(C(=O)NCCN2CCCC2)co1. The Kier molecular flexibility index (Phi) is 5.61. The van der Waals surface area contributed by atoms with Gasteiger partial charge < -0.3 is 20.4 Å². The third kappa shape index (κ3) is 4.43. The van der Waals surface area contributed by atoms with Crippen molar-refractivity contribution in [3.63, 3.8) is 0 Å². The molecule has 1 fully saturated rings. The molecule has 6 nitrogen and oxygen atoms in total. The van der Waals surface area contributed by atoms with Crippen molar-refractivity contribution in [2.24, 2.45) is 5.73 Å². The zero-order chi connectivity index (χ0) is 16.8. The summed E-state index contributed by atoms with van der Waals surface area (Å²) in [5, 5.41) is 2.88. The second-order valence-electron chi connectivity index (χ2n) is 6.17. The maximum Gasteiger partial charge on any atom is 0.273 e. The maximum absolute atomic E-state index is 12.1. The zero-order valence-corrected chi connectivity index (χ0v) is 13.8. The van der Waals surface area contributed by atoms with Crippen molar-refractivity contribution in [1.29, 1.82) is 0 Å². The first kappa shape index (κ1) is 16.7. The van der Waals surface area contributed by atoms with Crippen molar-refractivity contribution in [1.82, 2.24) is 15.2 Å². The van der Waals surface area contributed by atoms with Gasteiger partial charge in [-0.2, -0.15) is 0 Å². The maximum atomic E-state index is 12.1. The van der Waals surface area contributed by atoms with Crippen molar-refractivity contribution in [2.45, 2.75) is 25.3 Å². The molecule has 3 rings (SSSR count). The number of hydrogen-bond donors (Lipinski definition) is 2. The topological polar surface area (TPSA) is 84.4 Å². The number of nitrogens with one attached hydrogen (secondary N) is 1. The van der Waals surface area contributed by atoms with Crippen molar-refractivity contribution < 1.29 is 9.21 Å². The Labute approximate surface area is 142 Å². The molecule has 2 aromatic rings. The number of nitrogens with zero attached hydrogens (tertiary/aromatic N) is 2. The van der Waals surface area contributed by atoms with Crippen LogP contribution in [0.5, 0.6) is 0 Å². The van der Waals surface area contributed by atoms with Gasteiger partial charge in [-0.1, -0.05) is 30.3 Å². The van der Waals surface area contributed by atoms with Crippen LogP contribution in [0.25, 0.3) is 0 Å². The van der Waals surface area contributed by atoms with Gasteiger partial charge in [-0.15, -0.1) is 0 Å². The minimum Gasteiger partial charge on any atom is -0.446 e. The molecule has 0 radical (unpaired) electrons. The van der Waals surface area contributed by atoms with Gasteiger partial charge in [0.1, 0.15) is 6.26 Å². The summed E-state index contributed by atoms with van der Waals surface area (Å²) in [7, 11) is 0.